The van der Waals surface area contributed by atoms with Crippen molar-refractivity contribution in [1.29, 1.82) is 0 Å². The third-order valence-electron chi connectivity index (χ3n) is 6.77. The second kappa shape index (κ2) is 7.64. The Kier molecular flexibility index (Phi) is 5.90. The van der Waals surface area contributed by atoms with Crippen LogP contribution in [0.4, 0.5) is 13.2 Å². The van der Waals surface area contributed by atoms with Crippen LogP contribution in [-0.2, 0) is 12.6 Å². The smallest absolute Gasteiger partial charge is 0.302 e. The molecule has 2 aliphatic rings. The van der Waals surface area contributed by atoms with Crippen molar-refractivity contribution in [2.45, 2.75) is 82.5 Å². The number of piperidine rings is 1. The van der Waals surface area contributed by atoms with Crippen molar-refractivity contribution in [2.24, 2.45) is 0 Å². The van der Waals surface area contributed by atoms with Crippen molar-refractivity contribution >= 4 is 0 Å². The molecular formula is C23H35F3N2. The Labute approximate surface area is 168 Å². The first kappa shape index (κ1) is 21.6. The molecule has 28 heavy (non-hydrogen) atoms. The highest BCUT2D eigenvalue weighted by molar-refractivity contribution is 5.38. The van der Waals surface area contributed by atoms with Crippen LogP contribution in [0.1, 0.15) is 75.5 Å². The molecule has 1 aromatic carbocycles. The van der Waals surface area contributed by atoms with Gasteiger partial charge >= 0.3 is 6.18 Å². The summed E-state index contributed by atoms with van der Waals surface area (Å²) in [7, 11) is 4.23. The van der Waals surface area contributed by atoms with Crippen LogP contribution in [-0.4, -0.2) is 48.1 Å². The van der Waals surface area contributed by atoms with Crippen molar-refractivity contribution in [2.75, 3.05) is 27.2 Å². The number of nitrogens with zero attached hydrogens (tertiary/aromatic N) is 2. The fourth-order valence-electron chi connectivity index (χ4n) is 4.61. The van der Waals surface area contributed by atoms with E-state index in [1.165, 1.54) is 6.07 Å². The van der Waals surface area contributed by atoms with E-state index in [9.17, 15) is 13.2 Å². The van der Waals surface area contributed by atoms with Gasteiger partial charge in [0, 0.05) is 17.6 Å². The van der Waals surface area contributed by atoms with Gasteiger partial charge in [-0.3, -0.25) is 4.90 Å². The van der Waals surface area contributed by atoms with E-state index < -0.39 is 11.7 Å². The van der Waals surface area contributed by atoms with Crippen LogP contribution < -0.4 is 0 Å². The van der Waals surface area contributed by atoms with Gasteiger partial charge in [0.2, 0.25) is 0 Å². The molecule has 2 fully saturated rings. The summed E-state index contributed by atoms with van der Waals surface area (Å²) in [6.45, 7) is 8.78. The van der Waals surface area contributed by atoms with Crippen LogP contribution in [0, 0.1) is 0 Å². The van der Waals surface area contributed by atoms with Crippen molar-refractivity contribution in [1.82, 2.24) is 9.80 Å². The Morgan fingerprint density at radius 2 is 1.82 bits per heavy atom. The van der Waals surface area contributed by atoms with E-state index in [4.69, 9.17) is 0 Å². The lowest BCUT2D eigenvalue weighted by Gasteiger charge is -2.51. The number of hydrogen-bond acceptors (Lipinski definition) is 2. The number of likely N-dealkylation sites (tertiary alicyclic amines) is 1. The number of rotatable bonds is 5. The molecule has 0 N–H and O–H groups in total. The topological polar surface area (TPSA) is 6.48 Å². The predicted octanol–water partition coefficient (Wildman–Crippen LogP) is 5.71. The van der Waals surface area contributed by atoms with Gasteiger partial charge in [0.25, 0.3) is 0 Å². The zero-order valence-corrected chi connectivity index (χ0v) is 18.0. The standard InChI is InChI=1S/C23H35F3N2/c1-21(2,3)28-14-6-12-22(16-28,27(4)5)13-11-17-7-10-19(18-8-9-18)20(15-17)23(24,25)26/h7,10,15,18H,6,8-9,11-14,16H2,1-5H3/t22-/m0/s1. The molecule has 0 bridgehead atoms. The summed E-state index contributed by atoms with van der Waals surface area (Å²) in [5, 5.41) is 0. The molecule has 2 nitrogen and oxygen atoms in total. The Morgan fingerprint density at radius 3 is 2.36 bits per heavy atom. The van der Waals surface area contributed by atoms with Crippen molar-refractivity contribution in [3.8, 4) is 0 Å². The largest absolute Gasteiger partial charge is 0.416 e. The fourth-order valence-corrected chi connectivity index (χ4v) is 4.61. The Hall–Kier alpha value is -1.07. The zero-order chi connectivity index (χ0) is 20.7. The summed E-state index contributed by atoms with van der Waals surface area (Å²) in [5.41, 5.74) is 1.02. The number of alkyl halides is 3. The van der Waals surface area contributed by atoms with E-state index in [0.29, 0.717) is 12.0 Å². The summed E-state index contributed by atoms with van der Waals surface area (Å²) in [6, 6.07) is 5.08. The molecule has 158 valence electrons. The highest BCUT2D eigenvalue weighted by Crippen LogP contribution is 2.46. The first-order valence-corrected chi connectivity index (χ1v) is 10.5. The minimum absolute atomic E-state index is 0.0130. The van der Waals surface area contributed by atoms with Crippen molar-refractivity contribution < 1.29 is 13.2 Å². The molecule has 1 aliphatic heterocycles. The van der Waals surface area contributed by atoms with E-state index in [0.717, 1.165) is 50.8 Å². The Morgan fingerprint density at radius 1 is 1.14 bits per heavy atom. The highest BCUT2D eigenvalue weighted by atomic mass is 19.4. The Balaban J connectivity index is 1.79. The first-order valence-electron chi connectivity index (χ1n) is 10.5. The lowest BCUT2D eigenvalue weighted by molar-refractivity contribution is -0.138. The van der Waals surface area contributed by atoms with Gasteiger partial charge < -0.3 is 4.90 Å². The molecule has 0 radical (unpaired) electrons. The Bertz CT molecular complexity index is 686. The van der Waals surface area contributed by atoms with E-state index in [1.807, 2.05) is 6.07 Å². The average molecular weight is 397 g/mol. The van der Waals surface area contributed by atoms with Crippen LogP contribution >= 0.6 is 0 Å². The fraction of sp³-hybridized carbons (Fsp3) is 0.739. The van der Waals surface area contributed by atoms with Crippen LogP contribution in [0.25, 0.3) is 0 Å². The number of benzene rings is 1. The third-order valence-corrected chi connectivity index (χ3v) is 6.77. The maximum Gasteiger partial charge on any atom is 0.416 e. The van der Waals surface area contributed by atoms with Crippen LogP contribution in [0.3, 0.4) is 0 Å². The minimum Gasteiger partial charge on any atom is -0.302 e. The molecule has 0 amide bonds. The molecule has 1 aromatic rings. The molecule has 0 aromatic heterocycles. The second-order valence-electron chi connectivity index (χ2n) is 10.0. The summed E-state index contributed by atoms with van der Waals surface area (Å²) < 4.78 is 40.7. The van der Waals surface area contributed by atoms with E-state index >= 15 is 0 Å². The number of hydrogen-bond donors (Lipinski definition) is 0. The molecule has 1 aliphatic carbocycles. The predicted molar refractivity (Wildman–Crippen MR) is 109 cm³/mol. The number of likely N-dealkylation sites (N-methyl/N-ethyl adjacent to an activating group) is 1. The SMILES string of the molecule is CN(C)[C@]1(CCc2ccc(C3CC3)c(C(F)(F)F)c2)CCCN(C(C)(C)C)C1. The van der Waals surface area contributed by atoms with E-state index in [-0.39, 0.29) is 17.0 Å². The first-order chi connectivity index (χ1) is 12.9. The molecule has 5 heteroatoms. The summed E-state index contributed by atoms with van der Waals surface area (Å²) in [5.74, 6) is 0.109. The minimum atomic E-state index is -4.26. The molecule has 3 rings (SSSR count). The zero-order valence-electron chi connectivity index (χ0n) is 18.0. The molecule has 1 saturated heterocycles. The van der Waals surface area contributed by atoms with E-state index in [2.05, 4.69) is 44.7 Å². The van der Waals surface area contributed by atoms with Crippen molar-refractivity contribution in [3.63, 3.8) is 0 Å². The number of halogens is 3. The third kappa shape index (κ3) is 4.73. The number of aryl methyl sites for hydroxylation is 1. The summed E-state index contributed by atoms with van der Waals surface area (Å²) >= 11 is 0. The highest BCUT2D eigenvalue weighted by Gasteiger charge is 2.41. The van der Waals surface area contributed by atoms with Crippen LogP contribution in [0.5, 0.6) is 0 Å². The normalized spacial score (nSPS) is 24.8. The van der Waals surface area contributed by atoms with Gasteiger partial charge in [0.05, 0.1) is 5.56 Å². The maximum absolute atomic E-state index is 13.6. The van der Waals surface area contributed by atoms with Gasteiger partial charge in [-0.05, 0) is 103 Å². The van der Waals surface area contributed by atoms with Gasteiger partial charge in [-0.2, -0.15) is 13.2 Å². The second-order valence-corrected chi connectivity index (χ2v) is 10.0. The average Bonchev–Trinajstić information content (AvgIpc) is 3.43. The van der Waals surface area contributed by atoms with E-state index in [1.54, 1.807) is 6.07 Å². The van der Waals surface area contributed by atoms with Gasteiger partial charge in [-0.1, -0.05) is 12.1 Å². The van der Waals surface area contributed by atoms with Crippen LogP contribution in [0.2, 0.25) is 0 Å². The quantitative estimate of drug-likeness (QED) is 0.629. The molecule has 0 spiro atoms. The monoisotopic (exact) mass is 396 g/mol. The lowest BCUT2D eigenvalue weighted by atomic mass is 9.80. The van der Waals surface area contributed by atoms with Gasteiger partial charge in [-0.15, -0.1) is 0 Å². The summed E-state index contributed by atoms with van der Waals surface area (Å²) in [4.78, 5) is 4.82. The molecule has 0 unspecified atom stereocenters. The van der Waals surface area contributed by atoms with Gasteiger partial charge in [-0.25, -0.2) is 0 Å². The van der Waals surface area contributed by atoms with Gasteiger partial charge in [0.1, 0.15) is 0 Å². The molecule has 1 saturated carbocycles. The van der Waals surface area contributed by atoms with Crippen LogP contribution in [0.15, 0.2) is 18.2 Å². The molecule has 1 atom stereocenters. The lowest BCUT2D eigenvalue weighted by Crippen LogP contribution is -2.60. The molecule has 1 heterocycles. The maximum atomic E-state index is 13.6. The molecular weight excluding hydrogens is 361 g/mol. The van der Waals surface area contributed by atoms with Crippen molar-refractivity contribution in [3.05, 3.63) is 34.9 Å². The summed E-state index contributed by atoms with van der Waals surface area (Å²) in [6.07, 6.45) is 1.30. The van der Waals surface area contributed by atoms with Gasteiger partial charge in [0.15, 0.2) is 0 Å².